The number of ketones is 1. The highest BCUT2D eigenvalue weighted by molar-refractivity contribution is 6.00. The molecule has 2 rings (SSSR count). The summed E-state index contributed by atoms with van der Waals surface area (Å²) in [6.07, 6.45) is 2.14. The van der Waals surface area contributed by atoms with Crippen molar-refractivity contribution in [3.8, 4) is 0 Å². The van der Waals surface area contributed by atoms with Crippen LogP contribution in [0.4, 0.5) is 0 Å². The molecule has 0 spiro atoms. The number of carbonyl (C=O) groups is 1. The van der Waals surface area contributed by atoms with Crippen LogP contribution in [0.3, 0.4) is 0 Å². The van der Waals surface area contributed by atoms with Gasteiger partial charge in [0.1, 0.15) is 18.1 Å². The van der Waals surface area contributed by atoms with Crippen LogP contribution in [0.2, 0.25) is 0 Å². The van der Waals surface area contributed by atoms with Gasteiger partial charge in [0.25, 0.3) is 0 Å². The van der Waals surface area contributed by atoms with Crippen molar-refractivity contribution in [2.45, 2.75) is 26.2 Å². The van der Waals surface area contributed by atoms with Crippen molar-refractivity contribution in [2.75, 3.05) is 6.61 Å². The number of hydrogen-bond acceptors (Lipinski definition) is 3. The Morgan fingerprint density at radius 3 is 2.92 bits per heavy atom. The lowest BCUT2D eigenvalue weighted by Gasteiger charge is -2.24. The lowest BCUT2D eigenvalue weighted by atomic mass is 9.92. The van der Waals surface area contributed by atoms with E-state index in [1.165, 1.54) is 0 Å². The summed E-state index contributed by atoms with van der Waals surface area (Å²) in [4.78, 5) is 11.5. The highest BCUT2D eigenvalue weighted by atomic mass is 16.5. The Morgan fingerprint density at radius 2 is 2.15 bits per heavy atom. The molecule has 0 fully saturated rings. The Balaban J connectivity index is 2.47. The van der Waals surface area contributed by atoms with E-state index in [1.54, 1.807) is 6.92 Å². The van der Waals surface area contributed by atoms with Crippen LogP contribution in [0.15, 0.2) is 22.7 Å². The van der Waals surface area contributed by atoms with Crippen molar-refractivity contribution in [3.63, 3.8) is 0 Å². The van der Waals surface area contributed by atoms with Crippen LogP contribution in [0.1, 0.15) is 26.2 Å². The molecule has 0 atom stereocenters. The molecule has 0 amide bonds. The summed E-state index contributed by atoms with van der Waals surface area (Å²) < 4.78 is 5.38. The van der Waals surface area contributed by atoms with E-state index < -0.39 is 0 Å². The SMILES string of the molecule is CC1=C(O)C2=C(CCCC2=O)OC1. The predicted octanol–water partition coefficient (Wildman–Crippen LogP) is 1.86. The average Bonchev–Trinajstić information content (AvgIpc) is 2.12. The average molecular weight is 180 g/mol. The van der Waals surface area contributed by atoms with Crippen molar-refractivity contribution in [1.29, 1.82) is 0 Å². The lowest BCUT2D eigenvalue weighted by molar-refractivity contribution is -0.116. The molecule has 0 unspecified atom stereocenters. The number of Topliss-reactive ketones (excluding diaryl/α,β-unsaturated/α-hetero) is 1. The molecule has 1 heterocycles. The van der Waals surface area contributed by atoms with Crippen molar-refractivity contribution < 1.29 is 14.6 Å². The summed E-state index contributed by atoms with van der Waals surface area (Å²) in [5, 5.41) is 9.66. The fourth-order valence-corrected chi connectivity index (χ4v) is 1.70. The van der Waals surface area contributed by atoms with Crippen LogP contribution in [0.25, 0.3) is 0 Å². The molecule has 0 aromatic carbocycles. The van der Waals surface area contributed by atoms with Gasteiger partial charge < -0.3 is 9.84 Å². The minimum absolute atomic E-state index is 0.0119. The molecular weight excluding hydrogens is 168 g/mol. The van der Waals surface area contributed by atoms with Crippen molar-refractivity contribution >= 4 is 5.78 Å². The minimum Gasteiger partial charge on any atom is -0.507 e. The third-order valence-electron chi connectivity index (χ3n) is 2.47. The van der Waals surface area contributed by atoms with Gasteiger partial charge in [-0.25, -0.2) is 0 Å². The quantitative estimate of drug-likeness (QED) is 0.618. The Kier molecular flexibility index (Phi) is 1.87. The summed E-state index contributed by atoms with van der Waals surface area (Å²) in [5.41, 5.74) is 1.17. The Bertz CT molecular complexity index is 323. The normalized spacial score (nSPS) is 23.0. The largest absolute Gasteiger partial charge is 0.507 e. The second kappa shape index (κ2) is 2.91. The maximum atomic E-state index is 11.5. The number of aliphatic hydroxyl groups is 1. The molecule has 0 saturated carbocycles. The van der Waals surface area contributed by atoms with Crippen LogP contribution >= 0.6 is 0 Å². The topological polar surface area (TPSA) is 46.5 Å². The standard InChI is InChI=1S/C10H12O3/c1-6-5-13-8-4-2-3-7(11)9(8)10(6)12/h12H,2-5H2,1H3. The Morgan fingerprint density at radius 1 is 1.38 bits per heavy atom. The Hall–Kier alpha value is -1.25. The molecule has 3 heteroatoms. The minimum atomic E-state index is 0.0119. The zero-order valence-corrected chi connectivity index (χ0v) is 7.59. The molecular formula is C10H12O3. The van der Waals surface area contributed by atoms with Gasteiger partial charge in [0.15, 0.2) is 5.78 Å². The monoisotopic (exact) mass is 180 g/mol. The van der Waals surface area contributed by atoms with Gasteiger partial charge in [-0.3, -0.25) is 4.79 Å². The summed E-state index contributed by atoms with van der Waals surface area (Å²) >= 11 is 0. The summed E-state index contributed by atoms with van der Waals surface area (Å²) in [7, 11) is 0. The predicted molar refractivity (Wildman–Crippen MR) is 47.2 cm³/mol. The molecule has 1 N–H and O–H groups in total. The fourth-order valence-electron chi connectivity index (χ4n) is 1.70. The van der Waals surface area contributed by atoms with Crippen LogP contribution in [0.5, 0.6) is 0 Å². The van der Waals surface area contributed by atoms with E-state index in [1.807, 2.05) is 0 Å². The second-order valence-corrected chi connectivity index (χ2v) is 3.49. The molecule has 1 aliphatic carbocycles. The molecule has 0 aromatic heterocycles. The maximum absolute atomic E-state index is 11.5. The number of allylic oxidation sites excluding steroid dienone is 2. The number of rotatable bonds is 0. The number of aliphatic hydroxyl groups excluding tert-OH is 1. The molecule has 70 valence electrons. The third kappa shape index (κ3) is 1.24. The van der Waals surface area contributed by atoms with Gasteiger partial charge in [-0.2, -0.15) is 0 Å². The first-order chi connectivity index (χ1) is 6.20. The van der Waals surface area contributed by atoms with Crippen LogP contribution < -0.4 is 0 Å². The van der Waals surface area contributed by atoms with Crippen molar-refractivity contribution in [2.24, 2.45) is 0 Å². The van der Waals surface area contributed by atoms with Gasteiger partial charge in [0.2, 0.25) is 0 Å². The smallest absolute Gasteiger partial charge is 0.170 e. The summed E-state index contributed by atoms with van der Waals surface area (Å²) in [6.45, 7) is 2.19. The number of carbonyl (C=O) groups excluding carboxylic acids is 1. The van der Waals surface area contributed by atoms with E-state index in [0.717, 1.165) is 18.4 Å². The molecule has 0 aromatic rings. The zero-order valence-electron chi connectivity index (χ0n) is 7.59. The van der Waals surface area contributed by atoms with E-state index in [2.05, 4.69) is 0 Å². The van der Waals surface area contributed by atoms with Gasteiger partial charge in [0.05, 0.1) is 5.57 Å². The number of ether oxygens (including phenoxy) is 1. The first-order valence-electron chi connectivity index (χ1n) is 4.48. The Labute approximate surface area is 76.7 Å². The molecule has 3 nitrogen and oxygen atoms in total. The van der Waals surface area contributed by atoms with Gasteiger partial charge in [-0.15, -0.1) is 0 Å². The lowest BCUT2D eigenvalue weighted by Crippen LogP contribution is -2.20. The van der Waals surface area contributed by atoms with Gasteiger partial charge in [0, 0.05) is 18.4 Å². The van der Waals surface area contributed by atoms with Crippen LogP contribution in [0, 0.1) is 0 Å². The van der Waals surface area contributed by atoms with E-state index in [0.29, 0.717) is 24.4 Å². The van der Waals surface area contributed by atoms with Gasteiger partial charge in [-0.1, -0.05) is 0 Å². The summed E-state index contributed by atoms with van der Waals surface area (Å²) in [5.74, 6) is 0.836. The highest BCUT2D eigenvalue weighted by Crippen LogP contribution is 2.31. The first kappa shape index (κ1) is 8.35. The van der Waals surface area contributed by atoms with E-state index >= 15 is 0 Å². The van der Waals surface area contributed by atoms with E-state index in [-0.39, 0.29) is 11.5 Å². The molecule has 0 radical (unpaired) electrons. The van der Waals surface area contributed by atoms with Crippen LogP contribution in [-0.4, -0.2) is 17.5 Å². The van der Waals surface area contributed by atoms with E-state index in [9.17, 15) is 9.90 Å². The number of hydrogen-bond donors (Lipinski definition) is 1. The van der Waals surface area contributed by atoms with Gasteiger partial charge in [-0.05, 0) is 13.3 Å². The first-order valence-corrected chi connectivity index (χ1v) is 4.48. The third-order valence-corrected chi connectivity index (χ3v) is 2.47. The summed E-state index contributed by atoms with van der Waals surface area (Å²) in [6, 6.07) is 0. The molecule has 0 bridgehead atoms. The second-order valence-electron chi connectivity index (χ2n) is 3.49. The van der Waals surface area contributed by atoms with Crippen molar-refractivity contribution in [3.05, 3.63) is 22.7 Å². The van der Waals surface area contributed by atoms with Crippen LogP contribution in [-0.2, 0) is 9.53 Å². The molecule has 1 aliphatic heterocycles. The highest BCUT2D eigenvalue weighted by Gasteiger charge is 2.28. The fraction of sp³-hybridized carbons (Fsp3) is 0.500. The maximum Gasteiger partial charge on any atom is 0.170 e. The molecule has 0 saturated heterocycles. The molecule has 2 aliphatic rings. The zero-order chi connectivity index (χ0) is 9.42. The van der Waals surface area contributed by atoms with Crippen molar-refractivity contribution in [1.82, 2.24) is 0 Å². The van der Waals surface area contributed by atoms with Gasteiger partial charge >= 0.3 is 0 Å². The van der Waals surface area contributed by atoms with E-state index in [4.69, 9.17) is 4.74 Å². The molecule has 13 heavy (non-hydrogen) atoms.